The van der Waals surface area contributed by atoms with Crippen molar-refractivity contribution in [2.24, 2.45) is 0 Å². The third-order valence-electron chi connectivity index (χ3n) is 4.95. The Morgan fingerprint density at radius 1 is 1.19 bits per heavy atom. The molecule has 0 saturated heterocycles. The summed E-state index contributed by atoms with van der Waals surface area (Å²) in [5, 5.41) is 21.4. The molecular formula is C23H20N3NaO3S. The van der Waals surface area contributed by atoms with E-state index < -0.39 is 10.7 Å². The number of thioether (sulfide) groups is 1. The molecule has 152 valence electrons. The van der Waals surface area contributed by atoms with Crippen molar-refractivity contribution in [1.29, 1.82) is 5.26 Å². The second-order valence-electron chi connectivity index (χ2n) is 7.29. The van der Waals surface area contributed by atoms with Crippen molar-refractivity contribution in [3.8, 4) is 17.5 Å². The van der Waals surface area contributed by atoms with E-state index in [9.17, 15) is 15.2 Å². The summed E-state index contributed by atoms with van der Waals surface area (Å²) in [6.07, 6.45) is 0. The zero-order valence-corrected chi connectivity index (χ0v) is 20.5. The SMILES string of the molecule is COc1ccc2c(c1)nc(SC(C)(C)C(=O)O)n2-c1ccc(C#N)c2ccccc12.[H-].[Na+]. The van der Waals surface area contributed by atoms with E-state index in [2.05, 4.69) is 6.07 Å². The van der Waals surface area contributed by atoms with Crippen LogP contribution in [0.25, 0.3) is 27.5 Å². The van der Waals surface area contributed by atoms with Crippen LogP contribution in [-0.2, 0) is 4.79 Å². The molecule has 4 aromatic rings. The molecule has 0 spiro atoms. The van der Waals surface area contributed by atoms with Crippen LogP contribution in [0.2, 0.25) is 0 Å². The van der Waals surface area contributed by atoms with E-state index in [1.165, 1.54) is 11.8 Å². The first kappa shape index (κ1) is 23.2. The molecule has 0 bridgehead atoms. The number of rotatable bonds is 5. The fraction of sp³-hybridized carbons (Fsp3) is 0.174. The summed E-state index contributed by atoms with van der Waals surface area (Å²) in [4.78, 5) is 16.5. The zero-order valence-electron chi connectivity index (χ0n) is 18.7. The normalized spacial score (nSPS) is 11.2. The molecule has 3 aromatic carbocycles. The number of fused-ring (bicyclic) bond motifs is 2. The van der Waals surface area contributed by atoms with Crippen LogP contribution in [0.5, 0.6) is 5.75 Å². The largest absolute Gasteiger partial charge is 1.00 e. The van der Waals surface area contributed by atoms with Gasteiger partial charge >= 0.3 is 35.5 Å². The minimum atomic E-state index is -1.08. The first-order valence-electron chi connectivity index (χ1n) is 9.27. The molecular weight excluding hydrogens is 421 g/mol. The molecule has 0 radical (unpaired) electrons. The number of aliphatic carboxylic acids is 1. The van der Waals surface area contributed by atoms with E-state index in [-0.39, 0.29) is 31.0 Å². The Bertz CT molecular complexity index is 1350. The molecule has 0 aliphatic carbocycles. The Morgan fingerprint density at radius 2 is 1.90 bits per heavy atom. The summed E-state index contributed by atoms with van der Waals surface area (Å²) >= 11 is 1.18. The minimum absolute atomic E-state index is 0. The summed E-state index contributed by atoms with van der Waals surface area (Å²) < 4.78 is 6.20. The molecule has 0 aliphatic rings. The van der Waals surface area contributed by atoms with Crippen LogP contribution >= 0.6 is 11.8 Å². The van der Waals surface area contributed by atoms with Gasteiger partial charge in [-0.05, 0) is 38.1 Å². The number of hydrogen-bond acceptors (Lipinski definition) is 5. The van der Waals surface area contributed by atoms with Gasteiger partial charge in [-0.25, -0.2) is 4.98 Å². The van der Waals surface area contributed by atoms with Crippen LogP contribution in [0.15, 0.2) is 59.8 Å². The standard InChI is InChI=1S/C23H19N3O3S.Na.H/c1-23(2,21(27)28)30-22-25-18-12-15(29-3)9-11-20(18)26(22)19-10-8-14(13-24)16-6-4-5-7-17(16)19;;/h4-12H,1-3H3,(H,27,28);;/q;+1;-1. The molecule has 1 N–H and O–H groups in total. The van der Waals surface area contributed by atoms with Crippen LogP contribution in [0.3, 0.4) is 0 Å². The molecule has 0 aliphatic heterocycles. The molecule has 1 aromatic heterocycles. The quantitative estimate of drug-likeness (QED) is 0.377. The molecule has 0 fully saturated rings. The van der Waals surface area contributed by atoms with Crippen LogP contribution < -0.4 is 34.3 Å². The molecule has 6 nitrogen and oxygen atoms in total. The van der Waals surface area contributed by atoms with Crippen LogP contribution in [-0.4, -0.2) is 32.5 Å². The predicted octanol–water partition coefficient (Wildman–Crippen LogP) is 2.13. The van der Waals surface area contributed by atoms with Crippen LogP contribution in [0.1, 0.15) is 20.8 Å². The summed E-state index contributed by atoms with van der Waals surface area (Å²) in [5.74, 6) is -0.251. The fourth-order valence-corrected chi connectivity index (χ4v) is 4.29. The third kappa shape index (κ3) is 4.17. The first-order valence-corrected chi connectivity index (χ1v) is 10.1. The van der Waals surface area contributed by atoms with Gasteiger partial charge in [0.1, 0.15) is 10.5 Å². The maximum Gasteiger partial charge on any atom is 1.00 e. The number of methoxy groups -OCH3 is 1. The minimum Gasteiger partial charge on any atom is -1.00 e. The van der Waals surface area contributed by atoms with Gasteiger partial charge in [-0.2, -0.15) is 5.26 Å². The summed E-state index contributed by atoms with van der Waals surface area (Å²) in [6, 6.07) is 19.2. The van der Waals surface area contributed by atoms with Crippen molar-refractivity contribution in [2.75, 3.05) is 7.11 Å². The number of carbonyl (C=O) groups is 1. The van der Waals surface area contributed by atoms with Gasteiger partial charge in [0, 0.05) is 16.8 Å². The Kier molecular flexibility index (Phi) is 6.68. The van der Waals surface area contributed by atoms with Crippen molar-refractivity contribution in [3.63, 3.8) is 0 Å². The molecule has 31 heavy (non-hydrogen) atoms. The monoisotopic (exact) mass is 441 g/mol. The van der Waals surface area contributed by atoms with Crippen molar-refractivity contribution in [3.05, 3.63) is 60.2 Å². The number of carboxylic acids is 1. The summed E-state index contributed by atoms with van der Waals surface area (Å²) in [5.41, 5.74) is 2.95. The molecule has 8 heteroatoms. The number of hydrogen-bond donors (Lipinski definition) is 1. The average Bonchev–Trinajstić information content (AvgIpc) is 3.08. The molecule has 0 saturated carbocycles. The van der Waals surface area contributed by atoms with Crippen molar-refractivity contribution in [2.45, 2.75) is 23.8 Å². The number of imidazole rings is 1. The summed E-state index contributed by atoms with van der Waals surface area (Å²) in [6.45, 7) is 3.31. The van der Waals surface area contributed by atoms with Gasteiger partial charge in [0.25, 0.3) is 0 Å². The van der Waals surface area contributed by atoms with E-state index in [0.717, 1.165) is 22.0 Å². The number of aromatic nitrogens is 2. The van der Waals surface area contributed by atoms with Crippen LogP contribution in [0, 0.1) is 11.3 Å². The molecule has 0 amide bonds. The van der Waals surface area contributed by atoms with E-state index >= 15 is 0 Å². The van der Waals surface area contributed by atoms with Gasteiger partial charge in [-0.1, -0.05) is 36.0 Å². The van der Waals surface area contributed by atoms with E-state index in [1.54, 1.807) is 27.0 Å². The molecule has 0 unspecified atom stereocenters. The number of ether oxygens (including phenoxy) is 1. The number of benzene rings is 3. The number of carboxylic acid groups (broad SMARTS) is 1. The van der Waals surface area contributed by atoms with Crippen molar-refractivity contribution in [1.82, 2.24) is 9.55 Å². The zero-order chi connectivity index (χ0) is 21.5. The van der Waals surface area contributed by atoms with E-state index in [1.807, 2.05) is 53.1 Å². The maximum atomic E-state index is 11.8. The maximum absolute atomic E-state index is 11.8. The topological polar surface area (TPSA) is 88.1 Å². The van der Waals surface area contributed by atoms with Gasteiger partial charge in [-0.15, -0.1) is 0 Å². The van der Waals surface area contributed by atoms with Gasteiger partial charge in [0.15, 0.2) is 5.16 Å². The predicted molar refractivity (Wildman–Crippen MR) is 119 cm³/mol. The van der Waals surface area contributed by atoms with Gasteiger partial charge in [-0.3, -0.25) is 9.36 Å². The fourth-order valence-electron chi connectivity index (χ4n) is 3.31. The first-order chi connectivity index (χ1) is 14.4. The second-order valence-corrected chi connectivity index (χ2v) is 8.88. The van der Waals surface area contributed by atoms with Gasteiger partial charge in [0.2, 0.25) is 0 Å². The van der Waals surface area contributed by atoms with Crippen LogP contribution in [0.4, 0.5) is 0 Å². The second kappa shape index (κ2) is 8.93. The summed E-state index contributed by atoms with van der Waals surface area (Å²) in [7, 11) is 1.59. The number of nitrogens with zero attached hydrogens (tertiary/aromatic N) is 3. The Morgan fingerprint density at radius 3 is 2.55 bits per heavy atom. The van der Waals surface area contributed by atoms with Gasteiger partial charge in [0.05, 0.1) is 35.5 Å². The van der Waals surface area contributed by atoms with E-state index in [4.69, 9.17) is 9.72 Å². The number of nitriles is 1. The molecule has 1 heterocycles. The third-order valence-corrected chi connectivity index (χ3v) is 6.10. The Labute approximate surface area is 207 Å². The Balaban J connectivity index is 0.00000181. The van der Waals surface area contributed by atoms with Crippen molar-refractivity contribution >= 4 is 39.5 Å². The van der Waals surface area contributed by atoms with Gasteiger partial charge < -0.3 is 11.3 Å². The smallest absolute Gasteiger partial charge is 1.00 e. The average molecular weight is 441 g/mol. The molecule has 0 atom stereocenters. The van der Waals surface area contributed by atoms with Crippen molar-refractivity contribution < 1.29 is 45.6 Å². The van der Waals surface area contributed by atoms with E-state index in [0.29, 0.717) is 22.0 Å². The Hall–Kier alpha value is -2.50. The molecule has 4 rings (SSSR count).